The zero-order chi connectivity index (χ0) is 12.6. The van der Waals surface area contributed by atoms with Crippen molar-refractivity contribution >= 4 is 23.1 Å². The van der Waals surface area contributed by atoms with E-state index < -0.39 is 0 Å². The first kappa shape index (κ1) is 12.4. The number of hydrogen-bond donors (Lipinski definition) is 2. The third-order valence-corrected chi connectivity index (χ3v) is 3.22. The van der Waals surface area contributed by atoms with Gasteiger partial charge in [0.25, 0.3) is 0 Å². The molecule has 0 aliphatic carbocycles. The fraction of sp³-hybridized carbons (Fsp3) is 0.667. The van der Waals surface area contributed by atoms with E-state index in [1.165, 1.54) is 18.4 Å². The summed E-state index contributed by atoms with van der Waals surface area (Å²) in [6, 6.07) is 0. The van der Waals surface area contributed by atoms with Crippen molar-refractivity contribution in [1.29, 1.82) is 0 Å². The molecule has 0 atom stereocenters. The van der Waals surface area contributed by atoms with Crippen LogP contribution in [0.2, 0.25) is 0 Å². The molecule has 17 heavy (non-hydrogen) atoms. The quantitative estimate of drug-likeness (QED) is 0.694. The summed E-state index contributed by atoms with van der Waals surface area (Å²) in [5.74, 6) is 1.000. The number of hydrogen-bond acceptors (Lipinski definition) is 3. The molecule has 1 aliphatic heterocycles. The Hall–Kier alpha value is -1.10. The number of nitrogens with one attached hydrogen (secondary N) is 1. The molecular weight excluding hydrogens is 232 g/mol. The van der Waals surface area contributed by atoms with Gasteiger partial charge in [0.2, 0.25) is 0 Å². The van der Waals surface area contributed by atoms with E-state index >= 15 is 0 Å². The number of thiocarbonyl (C=S) groups is 1. The van der Waals surface area contributed by atoms with Crippen molar-refractivity contribution < 1.29 is 0 Å². The lowest BCUT2D eigenvalue weighted by Crippen LogP contribution is -2.23. The molecule has 1 aromatic rings. The maximum Gasteiger partial charge on any atom is 0.193 e. The summed E-state index contributed by atoms with van der Waals surface area (Å²) in [5, 5.41) is 8.30. The van der Waals surface area contributed by atoms with Gasteiger partial charge in [-0.1, -0.05) is 20.8 Å². The van der Waals surface area contributed by atoms with Crippen LogP contribution in [-0.4, -0.2) is 21.4 Å². The van der Waals surface area contributed by atoms with Gasteiger partial charge in [-0.25, -0.2) is 0 Å². The van der Waals surface area contributed by atoms with Crippen molar-refractivity contribution in [3.05, 3.63) is 11.3 Å². The zero-order valence-electron chi connectivity index (χ0n) is 10.7. The van der Waals surface area contributed by atoms with Crippen LogP contribution in [0.5, 0.6) is 0 Å². The molecule has 0 radical (unpaired) electrons. The summed E-state index contributed by atoms with van der Waals surface area (Å²) in [6.45, 7) is 7.48. The van der Waals surface area contributed by atoms with E-state index in [-0.39, 0.29) is 5.41 Å². The smallest absolute Gasteiger partial charge is 0.193 e. The lowest BCUT2D eigenvalue weighted by Gasteiger charge is -2.17. The van der Waals surface area contributed by atoms with E-state index in [4.69, 9.17) is 18.0 Å². The standard InChI is InChI=1S/C12H20N4S/c1-12(2,3)9-8-6-4-5-7-14-10(8)16(15-9)11(13)17/h14H,4-7H2,1-3H3,(H2,13,17). The summed E-state index contributed by atoms with van der Waals surface area (Å²) in [7, 11) is 0. The average Bonchev–Trinajstić information content (AvgIpc) is 2.42. The molecule has 4 nitrogen and oxygen atoms in total. The van der Waals surface area contributed by atoms with E-state index in [2.05, 4.69) is 31.2 Å². The molecule has 2 rings (SSSR count). The lowest BCUT2D eigenvalue weighted by atomic mass is 9.88. The van der Waals surface area contributed by atoms with Gasteiger partial charge in [-0.05, 0) is 31.5 Å². The maximum absolute atomic E-state index is 5.74. The summed E-state index contributed by atoms with van der Waals surface area (Å²) in [5.41, 5.74) is 8.14. The second kappa shape index (κ2) is 4.29. The molecule has 5 heteroatoms. The van der Waals surface area contributed by atoms with Crippen LogP contribution in [0, 0.1) is 0 Å². The van der Waals surface area contributed by atoms with Gasteiger partial charge in [0.1, 0.15) is 5.82 Å². The molecule has 3 N–H and O–H groups in total. The molecule has 0 saturated heterocycles. The first-order valence-corrected chi connectivity index (χ1v) is 6.48. The largest absolute Gasteiger partial charge is 0.374 e. The van der Waals surface area contributed by atoms with E-state index in [1.54, 1.807) is 4.68 Å². The minimum Gasteiger partial charge on any atom is -0.374 e. The Labute approximate surface area is 108 Å². The third kappa shape index (κ3) is 2.29. The second-order valence-corrected chi connectivity index (χ2v) is 5.98. The highest BCUT2D eigenvalue weighted by molar-refractivity contribution is 7.80. The van der Waals surface area contributed by atoms with Crippen LogP contribution in [0.25, 0.3) is 0 Å². The number of fused-ring (bicyclic) bond motifs is 1. The molecule has 0 fully saturated rings. The molecule has 0 bridgehead atoms. The van der Waals surface area contributed by atoms with Crippen LogP contribution in [0.1, 0.15) is 44.9 Å². The molecule has 0 saturated carbocycles. The summed E-state index contributed by atoms with van der Waals surface area (Å²) < 4.78 is 1.68. The highest BCUT2D eigenvalue weighted by Crippen LogP contribution is 2.32. The molecule has 0 aromatic carbocycles. The second-order valence-electron chi connectivity index (χ2n) is 5.56. The topological polar surface area (TPSA) is 55.9 Å². The summed E-state index contributed by atoms with van der Waals surface area (Å²) in [6.07, 6.45) is 3.42. The van der Waals surface area contributed by atoms with Crippen molar-refractivity contribution in [3.8, 4) is 0 Å². The van der Waals surface area contributed by atoms with Crippen molar-refractivity contribution in [3.63, 3.8) is 0 Å². The monoisotopic (exact) mass is 252 g/mol. The van der Waals surface area contributed by atoms with Gasteiger partial charge in [-0.2, -0.15) is 9.78 Å². The first-order chi connectivity index (χ1) is 7.91. The molecule has 1 aromatic heterocycles. The third-order valence-electron chi connectivity index (χ3n) is 3.05. The van der Waals surface area contributed by atoms with Crippen LogP contribution in [0.4, 0.5) is 5.82 Å². The fourth-order valence-electron chi connectivity index (χ4n) is 2.26. The fourth-order valence-corrected chi connectivity index (χ4v) is 2.40. The number of nitrogens with two attached hydrogens (primary N) is 1. The minimum atomic E-state index is 0.0200. The van der Waals surface area contributed by atoms with Gasteiger partial charge in [-0.3, -0.25) is 0 Å². The van der Waals surface area contributed by atoms with Gasteiger partial charge in [0.15, 0.2) is 5.11 Å². The normalized spacial score (nSPS) is 15.9. The van der Waals surface area contributed by atoms with Crippen molar-refractivity contribution in [1.82, 2.24) is 9.78 Å². The maximum atomic E-state index is 5.74. The Morgan fingerprint density at radius 2 is 2.12 bits per heavy atom. The molecular formula is C12H20N4S. The molecule has 0 unspecified atom stereocenters. The number of aromatic nitrogens is 2. The predicted octanol–water partition coefficient (Wildman–Crippen LogP) is 2.02. The molecule has 1 aliphatic rings. The van der Waals surface area contributed by atoms with Crippen molar-refractivity contribution in [2.24, 2.45) is 5.73 Å². The van der Waals surface area contributed by atoms with Crippen LogP contribution in [0.3, 0.4) is 0 Å². The van der Waals surface area contributed by atoms with Crippen LogP contribution < -0.4 is 11.1 Å². The van der Waals surface area contributed by atoms with Gasteiger partial charge in [0.05, 0.1) is 5.69 Å². The Morgan fingerprint density at radius 3 is 2.71 bits per heavy atom. The molecule has 2 heterocycles. The minimum absolute atomic E-state index is 0.0200. The van der Waals surface area contributed by atoms with E-state index in [1.807, 2.05) is 0 Å². The average molecular weight is 252 g/mol. The van der Waals surface area contributed by atoms with Gasteiger partial charge < -0.3 is 11.1 Å². The first-order valence-electron chi connectivity index (χ1n) is 6.07. The molecule has 0 amide bonds. The van der Waals surface area contributed by atoms with Crippen LogP contribution >= 0.6 is 12.2 Å². The Kier molecular flexibility index (Phi) is 3.12. The summed E-state index contributed by atoms with van der Waals surface area (Å²) in [4.78, 5) is 0. The van der Waals surface area contributed by atoms with E-state index in [0.717, 1.165) is 24.5 Å². The van der Waals surface area contributed by atoms with Crippen LogP contribution in [-0.2, 0) is 11.8 Å². The number of rotatable bonds is 0. The zero-order valence-corrected chi connectivity index (χ0v) is 11.5. The number of nitrogens with zero attached hydrogens (tertiary/aromatic N) is 2. The lowest BCUT2D eigenvalue weighted by molar-refractivity contribution is 0.554. The molecule has 94 valence electrons. The van der Waals surface area contributed by atoms with Crippen molar-refractivity contribution in [2.45, 2.75) is 45.4 Å². The van der Waals surface area contributed by atoms with Gasteiger partial charge >= 0.3 is 0 Å². The molecule has 0 spiro atoms. The highest BCUT2D eigenvalue weighted by Gasteiger charge is 2.27. The number of anilines is 1. The van der Waals surface area contributed by atoms with Crippen molar-refractivity contribution in [2.75, 3.05) is 11.9 Å². The Morgan fingerprint density at radius 1 is 1.41 bits per heavy atom. The predicted molar refractivity (Wildman–Crippen MR) is 74.5 cm³/mol. The van der Waals surface area contributed by atoms with E-state index in [0.29, 0.717) is 5.11 Å². The highest BCUT2D eigenvalue weighted by atomic mass is 32.1. The summed E-state index contributed by atoms with van der Waals surface area (Å²) >= 11 is 5.07. The van der Waals surface area contributed by atoms with Crippen LogP contribution in [0.15, 0.2) is 0 Å². The van der Waals surface area contributed by atoms with Gasteiger partial charge in [0, 0.05) is 17.5 Å². The Balaban J connectivity index is 2.58. The van der Waals surface area contributed by atoms with Gasteiger partial charge in [-0.15, -0.1) is 0 Å². The van der Waals surface area contributed by atoms with E-state index in [9.17, 15) is 0 Å². The Bertz CT molecular complexity index is 442. The SMILES string of the molecule is CC(C)(C)c1nn(C(N)=S)c2c1CCCCN2.